The number of nitrogens with one attached hydrogen (secondary N) is 2. The third-order valence-corrected chi connectivity index (χ3v) is 4.92. The van der Waals surface area contributed by atoms with Crippen LogP contribution in [0.3, 0.4) is 0 Å². The van der Waals surface area contributed by atoms with Crippen molar-refractivity contribution >= 4 is 29.1 Å². The van der Waals surface area contributed by atoms with Crippen molar-refractivity contribution in [2.24, 2.45) is 4.99 Å². The Morgan fingerprint density at radius 1 is 1.26 bits per heavy atom. The molecule has 2 aromatic rings. The summed E-state index contributed by atoms with van der Waals surface area (Å²) in [5.41, 5.74) is 0.882. The monoisotopic (exact) mass is 420 g/mol. The molecule has 0 aliphatic carbocycles. The highest BCUT2D eigenvalue weighted by Gasteiger charge is 2.33. The molecule has 1 aromatic heterocycles. The Morgan fingerprint density at radius 3 is 2.67 bits per heavy atom. The number of aliphatic imine (C=N–C) groups is 1. The largest absolute Gasteiger partial charge is 0.434 e. The first kappa shape index (κ1) is 21.5. The maximum absolute atomic E-state index is 13.4. The summed E-state index contributed by atoms with van der Waals surface area (Å²) in [5.74, 6) is 0.841. The van der Waals surface area contributed by atoms with Crippen LogP contribution in [0.5, 0.6) is 0 Å². The van der Waals surface area contributed by atoms with Crippen LogP contribution in [0.15, 0.2) is 28.6 Å². The van der Waals surface area contributed by atoms with E-state index in [2.05, 4.69) is 20.6 Å². The zero-order valence-electron chi connectivity index (χ0n) is 14.9. The second-order valence-electron chi connectivity index (χ2n) is 5.52. The first-order valence-electron chi connectivity index (χ1n) is 8.13. The lowest BCUT2D eigenvalue weighted by atomic mass is 10.1. The van der Waals surface area contributed by atoms with Gasteiger partial charge in [-0.15, -0.1) is 11.3 Å². The van der Waals surface area contributed by atoms with Gasteiger partial charge in [0.05, 0.1) is 13.1 Å². The summed E-state index contributed by atoms with van der Waals surface area (Å²) < 4.78 is 51.3. The van der Waals surface area contributed by atoms with Gasteiger partial charge in [-0.1, -0.05) is 6.07 Å². The summed E-state index contributed by atoms with van der Waals surface area (Å²) in [6.07, 6.45) is -2.50. The first-order valence-corrected chi connectivity index (χ1v) is 10.4. The number of hydrogen-bond donors (Lipinski definition) is 2. The van der Waals surface area contributed by atoms with Crippen molar-refractivity contribution in [1.29, 1.82) is 0 Å². The number of alkyl halides is 3. The number of rotatable bonds is 7. The van der Waals surface area contributed by atoms with Crippen LogP contribution in [0.1, 0.15) is 28.8 Å². The molecular weight excluding hydrogens is 400 g/mol. The number of guanidine groups is 1. The molecule has 0 atom stereocenters. The Labute approximate surface area is 163 Å². The van der Waals surface area contributed by atoms with E-state index in [9.17, 15) is 17.6 Å². The van der Waals surface area contributed by atoms with E-state index in [1.54, 1.807) is 17.8 Å². The number of thioether (sulfide) groups is 1. The molecule has 2 N–H and O–H groups in total. The van der Waals surface area contributed by atoms with Crippen molar-refractivity contribution in [3.8, 4) is 0 Å². The van der Waals surface area contributed by atoms with Gasteiger partial charge >= 0.3 is 6.18 Å². The van der Waals surface area contributed by atoms with Crippen molar-refractivity contribution in [3.63, 3.8) is 0 Å². The van der Waals surface area contributed by atoms with E-state index in [0.29, 0.717) is 29.8 Å². The molecule has 0 spiro atoms. The van der Waals surface area contributed by atoms with Gasteiger partial charge in [0, 0.05) is 17.7 Å². The highest BCUT2D eigenvalue weighted by molar-refractivity contribution is 7.97. The van der Waals surface area contributed by atoms with Gasteiger partial charge in [-0.05, 0) is 36.4 Å². The van der Waals surface area contributed by atoms with Gasteiger partial charge in [0.15, 0.2) is 11.7 Å². The minimum atomic E-state index is -4.44. The van der Waals surface area contributed by atoms with E-state index in [-0.39, 0.29) is 12.4 Å². The molecule has 0 aliphatic heterocycles. The number of aromatic nitrogens is 1. The van der Waals surface area contributed by atoms with Crippen molar-refractivity contribution in [1.82, 2.24) is 15.6 Å². The summed E-state index contributed by atoms with van der Waals surface area (Å²) in [7, 11) is 0. The lowest BCUT2D eigenvalue weighted by molar-refractivity contribution is -0.140. The molecule has 10 heteroatoms. The molecule has 148 valence electrons. The van der Waals surface area contributed by atoms with E-state index in [1.165, 1.54) is 12.1 Å². The molecule has 27 heavy (non-hydrogen) atoms. The molecule has 0 saturated heterocycles. The number of hydrogen-bond acceptors (Lipinski definition) is 4. The minimum absolute atomic E-state index is 0.133. The van der Waals surface area contributed by atoms with Gasteiger partial charge in [0.25, 0.3) is 0 Å². The molecule has 0 unspecified atom stereocenters. The standard InChI is InChI=1S/C17H20F4N4S2/c1-3-22-16(24-8-15-25-14(10-27-15)17(19,20)21)23-7-11-4-5-13(18)6-12(11)9-26-2/h4-6,10H,3,7-9H2,1-2H3,(H2,22,23,24). The Balaban J connectivity index is 2.05. The number of benzene rings is 1. The average molecular weight is 421 g/mol. The molecule has 0 fully saturated rings. The smallest absolute Gasteiger partial charge is 0.357 e. The van der Waals surface area contributed by atoms with E-state index in [0.717, 1.165) is 27.8 Å². The van der Waals surface area contributed by atoms with Crippen LogP contribution >= 0.6 is 23.1 Å². The zero-order valence-corrected chi connectivity index (χ0v) is 16.5. The lowest BCUT2D eigenvalue weighted by Crippen LogP contribution is -2.36. The number of halogens is 4. The van der Waals surface area contributed by atoms with Gasteiger partial charge in [-0.2, -0.15) is 24.9 Å². The summed E-state index contributed by atoms with van der Waals surface area (Å²) in [5, 5.41) is 7.32. The zero-order chi connectivity index (χ0) is 19.9. The summed E-state index contributed by atoms with van der Waals surface area (Å²) >= 11 is 2.53. The fourth-order valence-electron chi connectivity index (χ4n) is 2.23. The summed E-state index contributed by atoms with van der Waals surface area (Å²) in [4.78, 5) is 8.03. The Kier molecular flexibility index (Phi) is 7.91. The second-order valence-corrected chi connectivity index (χ2v) is 7.33. The minimum Gasteiger partial charge on any atom is -0.357 e. The molecule has 2 rings (SSSR count). The average Bonchev–Trinajstić information content (AvgIpc) is 3.08. The molecule has 0 amide bonds. The molecule has 4 nitrogen and oxygen atoms in total. The number of nitrogens with zero attached hydrogens (tertiary/aromatic N) is 2. The van der Waals surface area contributed by atoms with Crippen LogP contribution in [0, 0.1) is 5.82 Å². The number of thiazole rings is 1. The van der Waals surface area contributed by atoms with E-state index in [4.69, 9.17) is 0 Å². The van der Waals surface area contributed by atoms with Gasteiger partial charge < -0.3 is 10.6 Å². The molecule has 1 aromatic carbocycles. The molecule has 0 radical (unpaired) electrons. The molecule has 0 aliphatic rings. The first-order chi connectivity index (χ1) is 12.8. The third kappa shape index (κ3) is 6.69. The van der Waals surface area contributed by atoms with E-state index >= 15 is 0 Å². The predicted octanol–water partition coefficient (Wildman–Crippen LogP) is 4.42. The highest BCUT2D eigenvalue weighted by atomic mass is 32.2. The van der Waals surface area contributed by atoms with Crippen LogP contribution in [-0.2, 0) is 25.0 Å². The fraction of sp³-hybridized carbons (Fsp3) is 0.412. The van der Waals surface area contributed by atoms with Crippen molar-refractivity contribution < 1.29 is 17.6 Å². The Morgan fingerprint density at radius 2 is 2.04 bits per heavy atom. The molecule has 1 heterocycles. The SMILES string of the molecule is CCNC(=NCc1ccc(F)cc1CSC)NCc1nc(C(F)(F)F)cs1. The van der Waals surface area contributed by atoms with Crippen LogP contribution in [-0.4, -0.2) is 23.7 Å². The second kappa shape index (κ2) is 9.93. The Bertz CT molecular complexity index is 775. The van der Waals surface area contributed by atoms with E-state index < -0.39 is 11.9 Å². The van der Waals surface area contributed by atoms with E-state index in [1.807, 2.05) is 13.2 Å². The van der Waals surface area contributed by atoms with Crippen LogP contribution in [0.25, 0.3) is 0 Å². The fourth-order valence-corrected chi connectivity index (χ4v) is 3.55. The predicted molar refractivity (Wildman–Crippen MR) is 102 cm³/mol. The van der Waals surface area contributed by atoms with Crippen molar-refractivity contribution in [2.45, 2.75) is 31.9 Å². The van der Waals surface area contributed by atoms with Crippen molar-refractivity contribution in [3.05, 3.63) is 51.2 Å². The van der Waals surface area contributed by atoms with Gasteiger partial charge in [-0.3, -0.25) is 0 Å². The molecular formula is C17H20F4N4S2. The van der Waals surface area contributed by atoms with Crippen LogP contribution < -0.4 is 10.6 Å². The van der Waals surface area contributed by atoms with Crippen LogP contribution in [0.4, 0.5) is 17.6 Å². The maximum atomic E-state index is 13.4. The lowest BCUT2D eigenvalue weighted by Gasteiger charge is -2.11. The van der Waals surface area contributed by atoms with Crippen molar-refractivity contribution in [2.75, 3.05) is 12.8 Å². The normalized spacial score (nSPS) is 12.3. The summed E-state index contributed by atoms with van der Waals surface area (Å²) in [6, 6.07) is 4.59. The maximum Gasteiger partial charge on any atom is 0.434 e. The van der Waals surface area contributed by atoms with Crippen LogP contribution in [0.2, 0.25) is 0 Å². The highest BCUT2D eigenvalue weighted by Crippen LogP contribution is 2.29. The Hall–Kier alpha value is -1.81. The molecule has 0 bridgehead atoms. The van der Waals surface area contributed by atoms with Gasteiger partial charge in [0.2, 0.25) is 0 Å². The summed E-state index contributed by atoms with van der Waals surface area (Å²) in [6.45, 7) is 2.95. The van der Waals surface area contributed by atoms with Gasteiger partial charge in [-0.25, -0.2) is 14.4 Å². The quantitative estimate of drug-likeness (QED) is 0.396. The van der Waals surface area contributed by atoms with Gasteiger partial charge in [0.1, 0.15) is 10.8 Å². The third-order valence-electron chi connectivity index (χ3n) is 3.47. The topological polar surface area (TPSA) is 49.3 Å². The molecule has 0 saturated carbocycles.